The molecule has 1 saturated heterocycles. The number of amides is 2. The van der Waals surface area contributed by atoms with Crippen LogP contribution < -0.4 is 21.0 Å². The minimum Gasteiger partial charge on any atom is -0.504 e. The second kappa shape index (κ2) is 10.7. The smallest absolute Gasteiger partial charge is 0.352 e. The van der Waals surface area contributed by atoms with Crippen molar-refractivity contribution in [1.29, 1.82) is 0 Å². The highest BCUT2D eigenvalue weighted by Gasteiger charge is 2.64. The van der Waals surface area contributed by atoms with Gasteiger partial charge in [0.05, 0.1) is 47.4 Å². The Labute approximate surface area is 266 Å². The average Bonchev–Trinajstić information content (AvgIpc) is 3.42. The molecule has 7 rings (SSSR count). The molecule has 12 heteroatoms. The first-order valence-electron chi connectivity index (χ1n) is 14.6. The number of aromatic hydroxyl groups is 1. The van der Waals surface area contributed by atoms with Crippen molar-refractivity contribution in [3.05, 3.63) is 122 Å². The number of carbonyl (C=O) groups is 2. The van der Waals surface area contributed by atoms with Crippen molar-refractivity contribution in [2.45, 2.75) is 25.9 Å². The Kier molecular flexibility index (Phi) is 6.89. The van der Waals surface area contributed by atoms with E-state index in [1.54, 1.807) is 55.5 Å². The molecule has 1 aromatic heterocycles. The van der Waals surface area contributed by atoms with E-state index >= 15 is 0 Å². The van der Waals surface area contributed by atoms with E-state index in [1.807, 2.05) is 12.2 Å². The van der Waals surface area contributed by atoms with E-state index in [0.717, 1.165) is 15.5 Å². The number of allylic oxidation sites excluding steroid dienone is 3. The number of nitrogens with zero attached hydrogens (tertiary/aromatic N) is 4. The number of phenolic OH excluding ortho intramolecular Hbond substituents is 1. The number of ether oxygens (including phenoxy) is 1. The highest BCUT2D eigenvalue weighted by Crippen LogP contribution is 2.58. The Bertz CT molecular complexity index is 2120. The van der Waals surface area contributed by atoms with Crippen LogP contribution in [0.2, 0.25) is 5.02 Å². The van der Waals surface area contributed by atoms with Gasteiger partial charge in [-0.1, -0.05) is 54.1 Å². The van der Waals surface area contributed by atoms with Crippen LogP contribution >= 0.6 is 11.6 Å². The number of halogens is 2. The van der Waals surface area contributed by atoms with Crippen LogP contribution in [-0.2, 0) is 16.1 Å². The molecule has 3 aromatic carbocycles. The van der Waals surface area contributed by atoms with E-state index in [1.165, 1.54) is 34.7 Å². The minimum atomic E-state index is -1.30. The molecule has 2 fully saturated rings. The van der Waals surface area contributed by atoms with Crippen LogP contribution in [0.4, 0.5) is 10.1 Å². The topological polar surface area (TPSA) is 116 Å². The summed E-state index contributed by atoms with van der Waals surface area (Å²) in [5, 5.41) is 9.86. The fraction of sp³-hybridized carbons (Fsp3) is 0.235. The van der Waals surface area contributed by atoms with Gasteiger partial charge in [-0.05, 0) is 66.9 Å². The van der Waals surface area contributed by atoms with Crippen LogP contribution in [0.15, 0.2) is 94.0 Å². The van der Waals surface area contributed by atoms with Crippen molar-refractivity contribution in [3.63, 3.8) is 0 Å². The van der Waals surface area contributed by atoms with Crippen LogP contribution in [0.1, 0.15) is 24.9 Å². The van der Waals surface area contributed by atoms with Gasteiger partial charge in [-0.25, -0.2) is 32.8 Å². The van der Waals surface area contributed by atoms with E-state index < -0.39 is 52.3 Å². The molecule has 4 aromatic rings. The number of fused-ring (bicyclic) bond motifs is 4. The van der Waals surface area contributed by atoms with Crippen LogP contribution in [-0.4, -0.2) is 38.0 Å². The van der Waals surface area contributed by atoms with Crippen LogP contribution in [0.25, 0.3) is 11.8 Å². The Hall–Kier alpha value is -5.16. The third-order valence-electron chi connectivity index (χ3n) is 9.47. The van der Waals surface area contributed by atoms with Gasteiger partial charge in [0.25, 0.3) is 0 Å². The lowest BCUT2D eigenvalue weighted by Gasteiger charge is -2.45. The summed E-state index contributed by atoms with van der Waals surface area (Å²) < 4.78 is 23.2. The number of hydrogen-bond donors (Lipinski definition) is 1. The SMILES string of the molecule is COc1cc(C=C[C@H]2C3=CCn4c(=O)n(-c5ccccc5)c(=O)n4[C@@H]3C[C@H]3C(=O)N(c4ccc(F)c(Cl)c4)C(=O)[C@@]23C)ccc1O. The van der Waals surface area contributed by atoms with Crippen molar-refractivity contribution in [2.75, 3.05) is 12.0 Å². The quantitative estimate of drug-likeness (QED) is 0.249. The molecule has 0 unspecified atom stereocenters. The molecule has 1 saturated carbocycles. The summed E-state index contributed by atoms with van der Waals surface area (Å²) in [5.74, 6) is -3.05. The highest BCUT2D eigenvalue weighted by atomic mass is 35.5. The molecule has 0 radical (unpaired) electrons. The molecule has 1 N–H and O–H groups in total. The molecule has 1 aliphatic carbocycles. The standard InChI is InChI=1S/C34H28ClFN4O6/c1-34-23(11-8-19-9-13-28(41)29(16-19)46-2)22-14-15-37-32(44)39(20-6-4-3-5-7-20)33(45)40(37)27(22)18-24(34)30(42)38(31(34)43)21-10-12-26(36)25(35)17-21/h3-14,16-17,23-24,27,41H,15,18H2,1-2H3/t23-,24-,27+,34-/m0/s1. The summed E-state index contributed by atoms with van der Waals surface area (Å²) in [6.07, 6.45) is 5.51. The second-order valence-electron chi connectivity index (χ2n) is 11.8. The number of rotatable bonds is 5. The van der Waals surface area contributed by atoms with Gasteiger partial charge < -0.3 is 9.84 Å². The number of benzene rings is 3. The molecule has 10 nitrogen and oxygen atoms in total. The lowest BCUT2D eigenvalue weighted by molar-refractivity contribution is -0.129. The number of methoxy groups -OCH3 is 1. The van der Waals surface area contributed by atoms with Crippen LogP contribution in [0.5, 0.6) is 11.5 Å². The molecule has 3 aliphatic rings. The maximum absolute atomic E-state index is 14.4. The minimum absolute atomic E-state index is 0.0372. The summed E-state index contributed by atoms with van der Waals surface area (Å²) in [6, 6.07) is 16.4. The van der Waals surface area contributed by atoms with Gasteiger partial charge in [0.1, 0.15) is 5.82 Å². The van der Waals surface area contributed by atoms with Crippen LogP contribution in [0.3, 0.4) is 0 Å². The van der Waals surface area contributed by atoms with Crippen LogP contribution in [0, 0.1) is 23.1 Å². The molecular formula is C34H28ClFN4O6. The Morgan fingerprint density at radius 2 is 1.76 bits per heavy atom. The van der Waals surface area contributed by atoms with Gasteiger partial charge in [0.2, 0.25) is 11.8 Å². The summed E-state index contributed by atoms with van der Waals surface area (Å²) in [7, 11) is 1.44. The van der Waals surface area contributed by atoms with Gasteiger partial charge in [-0.15, -0.1) is 0 Å². The number of aromatic nitrogens is 3. The van der Waals surface area contributed by atoms with Crippen molar-refractivity contribution in [3.8, 4) is 17.2 Å². The first-order valence-corrected chi connectivity index (χ1v) is 15.0. The average molecular weight is 643 g/mol. The maximum atomic E-state index is 14.4. The summed E-state index contributed by atoms with van der Waals surface area (Å²) >= 11 is 6.05. The molecule has 3 heterocycles. The molecule has 0 spiro atoms. The largest absolute Gasteiger partial charge is 0.504 e. The number of carbonyl (C=O) groups excluding carboxylic acids is 2. The lowest BCUT2D eigenvalue weighted by Crippen LogP contribution is -2.49. The zero-order chi connectivity index (χ0) is 32.5. The zero-order valence-electron chi connectivity index (χ0n) is 24.8. The van der Waals surface area contributed by atoms with E-state index in [4.69, 9.17) is 16.3 Å². The molecule has 0 bridgehead atoms. The summed E-state index contributed by atoms with van der Waals surface area (Å²) in [4.78, 5) is 57.1. The van der Waals surface area contributed by atoms with E-state index in [2.05, 4.69) is 0 Å². The molecule has 2 aliphatic heterocycles. The second-order valence-corrected chi connectivity index (χ2v) is 12.2. The maximum Gasteiger partial charge on any atom is 0.352 e. The molecule has 2 amide bonds. The first-order chi connectivity index (χ1) is 22.1. The van der Waals surface area contributed by atoms with E-state index in [0.29, 0.717) is 16.8 Å². The molecule has 234 valence electrons. The predicted molar refractivity (Wildman–Crippen MR) is 169 cm³/mol. The Morgan fingerprint density at radius 3 is 2.48 bits per heavy atom. The van der Waals surface area contributed by atoms with Crippen molar-refractivity contribution >= 4 is 35.2 Å². The van der Waals surface area contributed by atoms with Crippen molar-refractivity contribution in [1.82, 2.24) is 13.9 Å². The zero-order valence-corrected chi connectivity index (χ0v) is 25.5. The molecular weight excluding hydrogens is 615 g/mol. The normalized spacial score (nSPS) is 23.7. The number of anilines is 1. The number of para-hydroxylation sites is 1. The van der Waals surface area contributed by atoms with Gasteiger partial charge >= 0.3 is 11.4 Å². The highest BCUT2D eigenvalue weighted by molar-refractivity contribution is 6.31. The fourth-order valence-corrected chi connectivity index (χ4v) is 7.33. The van der Waals surface area contributed by atoms with E-state index in [-0.39, 0.29) is 35.2 Å². The summed E-state index contributed by atoms with van der Waals surface area (Å²) in [5.41, 5.74) is -0.432. The lowest BCUT2D eigenvalue weighted by atomic mass is 9.58. The van der Waals surface area contributed by atoms with Gasteiger partial charge in [-0.2, -0.15) is 0 Å². The monoisotopic (exact) mass is 642 g/mol. The Balaban J connectivity index is 1.39. The fourth-order valence-electron chi connectivity index (χ4n) is 7.15. The first kappa shape index (κ1) is 29.5. The van der Waals surface area contributed by atoms with Gasteiger partial charge in [0.15, 0.2) is 11.5 Å². The van der Waals surface area contributed by atoms with Gasteiger partial charge in [-0.3, -0.25) is 9.59 Å². The number of hydrogen-bond acceptors (Lipinski definition) is 6. The number of phenols is 1. The third-order valence-corrected chi connectivity index (χ3v) is 9.76. The van der Waals surface area contributed by atoms with Gasteiger partial charge in [0, 0.05) is 5.92 Å². The summed E-state index contributed by atoms with van der Waals surface area (Å²) in [6.45, 7) is 1.81. The number of imide groups is 1. The van der Waals surface area contributed by atoms with Crippen molar-refractivity contribution < 1.29 is 23.8 Å². The molecule has 4 atom stereocenters. The predicted octanol–water partition coefficient (Wildman–Crippen LogP) is 4.72. The Morgan fingerprint density at radius 1 is 1.00 bits per heavy atom. The van der Waals surface area contributed by atoms with Crippen molar-refractivity contribution in [2.24, 2.45) is 17.3 Å². The third kappa shape index (κ3) is 4.22. The van der Waals surface area contributed by atoms with E-state index in [9.17, 15) is 28.7 Å². The molecule has 46 heavy (non-hydrogen) atoms.